The summed E-state index contributed by atoms with van der Waals surface area (Å²) in [5, 5.41) is 0. The fourth-order valence-electron chi connectivity index (χ4n) is 2.59. The van der Waals surface area contributed by atoms with Crippen LogP contribution in [0, 0.1) is 12.8 Å². The first-order valence-electron chi connectivity index (χ1n) is 8.23. The lowest BCUT2D eigenvalue weighted by Gasteiger charge is -2.12. The van der Waals surface area contributed by atoms with Crippen LogP contribution in [0.15, 0.2) is 63.6 Å². The molecule has 5 heteroatoms. The molecule has 2 aromatic rings. The molecular formula is C20H21NO3S. The Balaban J connectivity index is 2.03. The Bertz CT molecular complexity index is 939. The molecule has 0 radical (unpaired) electrons. The van der Waals surface area contributed by atoms with Gasteiger partial charge >= 0.3 is 0 Å². The lowest BCUT2D eigenvalue weighted by atomic mass is 10.0. The number of aryl methyl sites for hydroxylation is 1. The number of benzene rings is 2. The average Bonchev–Trinajstić information content (AvgIpc) is 2.73. The van der Waals surface area contributed by atoms with Crippen molar-refractivity contribution < 1.29 is 13.2 Å². The second-order valence-electron chi connectivity index (χ2n) is 6.45. The smallest absolute Gasteiger partial charge is 0.285 e. The predicted molar refractivity (Wildman–Crippen MR) is 99.8 cm³/mol. The predicted octanol–water partition coefficient (Wildman–Crippen LogP) is 4.35. The molecule has 0 fully saturated rings. The Kier molecular flexibility index (Phi) is 4.77. The maximum absolute atomic E-state index is 12.6. The lowest BCUT2D eigenvalue weighted by molar-refractivity contribution is 0.359. The Morgan fingerprint density at radius 2 is 1.72 bits per heavy atom. The van der Waals surface area contributed by atoms with Gasteiger partial charge in [-0.25, -0.2) is 0 Å². The SMILES string of the molecule is Cc1ccc(S(=O)(=O)/N=C2\Cc3ccccc3C=C(C(C)C)O2)cc1. The van der Waals surface area contributed by atoms with Crippen molar-refractivity contribution in [1.29, 1.82) is 0 Å². The monoisotopic (exact) mass is 355 g/mol. The van der Waals surface area contributed by atoms with Gasteiger partial charge in [-0.05, 0) is 36.3 Å². The highest BCUT2D eigenvalue weighted by Gasteiger charge is 2.21. The first-order valence-corrected chi connectivity index (χ1v) is 9.67. The summed E-state index contributed by atoms with van der Waals surface area (Å²) in [6.45, 7) is 5.92. The molecule has 0 unspecified atom stereocenters. The van der Waals surface area contributed by atoms with Crippen LogP contribution in [0.25, 0.3) is 6.08 Å². The van der Waals surface area contributed by atoms with Crippen molar-refractivity contribution in [3.8, 4) is 0 Å². The minimum Gasteiger partial charge on any atom is -0.446 e. The van der Waals surface area contributed by atoms with Crippen LogP contribution < -0.4 is 0 Å². The third kappa shape index (κ3) is 3.99. The highest BCUT2D eigenvalue weighted by Crippen LogP contribution is 2.25. The molecule has 0 aliphatic carbocycles. The molecule has 1 heterocycles. The van der Waals surface area contributed by atoms with E-state index in [9.17, 15) is 8.42 Å². The van der Waals surface area contributed by atoms with Gasteiger partial charge in [0.05, 0.1) is 11.3 Å². The van der Waals surface area contributed by atoms with Crippen molar-refractivity contribution in [3.05, 3.63) is 71.0 Å². The van der Waals surface area contributed by atoms with E-state index in [1.807, 2.05) is 51.1 Å². The van der Waals surface area contributed by atoms with Crippen LogP contribution in [0.5, 0.6) is 0 Å². The van der Waals surface area contributed by atoms with Gasteiger partial charge < -0.3 is 4.74 Å². The third-order valence-corrected chi connectivity index (χ3v) is 5.35. The molecule has 0 atom stereocenters. The van der Waals surface area contributed by atoms with Crippen LogP contribution >= 0.6 is 0 Å². The molecule has 0 amide bonds. The Labute approximate surface area is 148 Å². The van der Waals surface area contributed by atoms with Crippen LogP contribution in [0.1, 0.15) is 30.5 Å². The second-order valence-corrected chi connectivity index (χ2v) is 8.06. The first kappa shape index (κ1) is 17.4. The van der Waals surface area contributed by atoms with Gasteiger partial charge in [0.1, 0.15) is 5.76 Å². The third-order valence-electron chi connectivity index (χ3n) is 4.04. The van der Waals surface area contributed by atoms with Gasteiger partial charge in [0.2, 0.25) is 5.90 Å². The normalized spacial score (nSPS) is 16.2. The topological polar surface area (TPSA) is 55.7 Å². The van der Waals surface area contributed by atoms with E-state index in [-0.39, 0.29) is 16.7 Å². The van der Waals surface area contributed by atoms with Crippen molar-refractivity contribution in [2.45, 2.75) is 32.1 Å². The van der Waals surface area contributed by atoms with Crippen molar-refractivity contribution >= 4 is 22.0 Å². The molecule has 0 saturated heterocycles. The number of hydrogen-bond donors (Lipinski definition) is 0. The van der Waals surface area contributed by atoms with Gasteiger partial charge in [-0.3, -0.25) is 0 Å². The summed E-state index contributed by atoms with van der Waals surface area (Å²) in [6.07, 6.45) is 2.30. The van der Waals surface area contributed by atoms with E-state index in [0.717, 1.165) is 16.7 Å². The van der Waals surface area contributed by atoms with E-state index in [2.05, 4.69) is 4.40 Å². The van der Waals surface area contributed by atoms with Crippen LogP contribution in [0.3, 0.4) is 0 Å². The van der Waals surface area contributed by atoms with Gasteiger partial charge in [0, 0.05) is 5.92 Å². The molecule has 1 aliphatic rings. The molecule has 3 rings (SSSR count). The zero-order chi connectivity index (χ0) is 18.0. The molecule has 0 saturated carbocycles. The number of sulfonamides is 1. The highest BCUT2D eigenvalue weighted by molar-refractivity contribution is 7.90. The maximum atomic E-state index is 12.6. The molecule has 130 valence electrons. The fraction of sp³-hybridized carbons (Fsp3) is 0.250. The molecule has 1 aliphatic heterocycles. The molecular weight excluding hydrogens is 334 g/mol. The fourth-order valence-corrected chi connectivity index (χ4v) is 3.54. The average molecular weight is 355 g/mol. The highest BCUT2D eigenvalue weighted by atomic mass is 32.2. The maximum Gasteiger partial charge on any atom is 0.285 e. The van der Waals surface area contributed by atoms with E-state index >= 15 is 0 Å². The standard InChI is InChI=1S/C20H21NO3S/c1-14(2)19-12-16-6-4-5-7-17(16)13-20(24-19)21-25(22,23)18-10-8-15(3)9-11-18/h4-12,14H,13H2,1-3H3/b21-20+. The molecule has 0 bridgehead atoms. The van der Waals surface area contributed by atoms with E-state index in [4.69, 9.17) is 4.74 Å². The van der Waals surface area contributed by atoms with Crippen molar-refractivity contribution in [2.24, 2.45) is 10.3 Å². The number of rotatable bonds is 3. The Morgan fingerprint density at radius 3 is 2.40 bits per heavy atom. The lowest BCUT2D eigenvalue weighted by Crippen LogP contribution is -2.12. The first-order chi connectivity index (χ1) is 11.8. The number of allylic oxidation sites excluding steroid dienone is 1. The van der Waals surface area contributed by atoms with Crippen LogP contribution in [-0.4, -0.2) is 14.3 Å². The van der Waals surface area contributed by atoms with Crippen molar-refractivity contribution in [3.63, 3.8) is 0 Å². The van der Waals surface area contributed by atoms with E-state index in [1.54, 1.807) is 24.3 Å². The van der Waals surface area contributed by atoms with E-state index in [1.165, 1.54) is 0 Å². The molecule has 0 spiro atoms. The van der Waals surface area contributed by atoms with Gasteiger partial charge in [-0.15, -0.1) is 4.40 Å². The zero-order valence-corrected chi connectivity index (χ0v) is 15.4. The second kappa shape index (κ2) is 6.84. The quantitative estimate of drug-likeness (QED) is 0.822. The summed E-state index contributed by atoms with van der Waals surface area (Å²) >= 11 is 0. The summed E-state index contributed by atoms with van der Waals surface area (Å²) in [7, 11) is -3.81. The van der Waals surface area contributed by atoms with E-state index < -0.39 is 10.0 Å². The van der Waals surface area contributed by atoms with Gasteiger partial charge in [-0.1, -0.05) is 55.8 Å². The zero-order valence-electron chi connectivity index (χ0n) is 14.6. The summed E-state index contributed by atoms with van der Waals surface area (Å²) in [4.78, 5) is 0.168. The minimum absolute atomic E-state index is 0.124. The number of hydrogen-bond acceptors (Lipinski definition) is 3. The largest absolute Gasteiger partial charge is 0.446 e. The van der Waals surface area contributed by atoms with Crippen LogP contribution in [0.4, 0.5) is 0 Å². The van der Waals surface area contributed by atoms with Gasteiger partial charge in [0.25, 0.3) is 10.0 Å². The van der Waals surface area contributed by atoms with Crippen LogP contribution in [0.2, 0.25) is 0 Å². The number of fused-ring (bicyclic) bond motifs is 1. The number of ether oxygens (including phenoxy) is 1. The van der Waals surface area contributed by atoms with Gasteiger partial charge in [-0.2, -0.15) is 8.42 Å². The molecule has 0 N–H and O–H groups in total. The molecule has 2 aromatic carbocycles. The summed E-state index contributed by atoms with van der Waals surface area (Å²) < 4.78 is 35.1. The minimum atomic E-state index is -3.81. The summed E-state index contributed by atoms with van der Waals surface area (Å²) in [5.74, 6) is 1.03. The Morgan fingerprint density at radius 1 is 1.04 bits per heavy atom. The van der Waals surface area contributed by atoms with E-state index in [0.29, 0.717) is 12.2 Å². The Hall–Kier alpha value is -2.40. The van der Waals surface area contributed by atoms with Gasteiger partial charge in [0.15, 0.2) is 0 Å². The van der Waals surface area contributed by atoms with Crippen molar-refractivity contribution in [1.82, 2.24) is 0 Å². The van der Waals surface area contributed by atoms with Crippen LogP contribution in [-0.2, 0) is 21.2 Å². The summed E-state index contributed by atoms with van der Waals surface area (Å²) in [5.41, 5.74) is 3.02. The molecule has 4 nitrogen and oxygen atoms in total. The molecule has 25 heavy (non-hydrogen) atoms. The van der Waals surface area contributed by atoms with Crippen molar-refractivity contribution in [2.75, 3.05) is 0 Å². The summed E-state index contributed by atoms with van der Waals surface area (Å²) in [6, 6.07) is 14.5. The molecule has 0 aromatic heterocycles. The number of nitrogens with zero attached hydrogens (tertiary/aromatic N) is 1.